The molecule has 0 saturated carbocycles. The first-order valence-corrected chi connectivity index (χ1v) is 11.1. The third-order valence-corrected chi connectivity index (χ3v) is 6.13. The topological polar surface area (TPSA) is 84.7 Å². The molecule has 3 rings (SSSR count). The second-order valence-corrected chi connectivity index (χ2v) is 9.26. The number of nitrogens with zero attached hydrogens (tertiary/aromatic N) is 1. The summed E-state index contributed by atoms with van der Waals surface area (Å²) in [4.78, 5) is 26.1. The Kier molecular flexibility index (Phi) is 7.55. The molecule has 184 valence electrons. The van der Waals surface area contributed by atoms with Gasteiger partial charge in [-0.05, 0) is 63.1 Å². The third kappa shape index (κ3) is 6.50. The van der Waals surface area contributed by atoms with Gasteiger partial charge in [-0.2, -0.15) is 13.2 Å². The van der Waals surface area contributed by atoms with Crippen LogP contribution in [0.15, 0.2) is 48.5 Å². The highest BCUT2D eigenvalue weighted by Crippen LogP contribution is 2.33. The van der Waals surface area contributed by atoms with Crippen molar-refractivity contribution in [1.29, 1.82) is 0 Å². The van der Waals surface area contributed by atoms with E-state index in [-0.39, 0.29) is 30.2 Å². The fourth-order valence-corrected chi connectivity index (χ4v) is 4.13. The minimum absolute atomic E-state index is 0.126. The standard InChI is InChI=1S/C25H30F3N3O3/c1-16(17-7-9-18(10-8-17)23(29)33)30-22(32)14-24(2,3)31-12-11-21(15-31)34-20-6-4-5-19(13-20)25(26,27)28/h4-10,13,16,21H,11-12,14-15H2,1-3H3,(H2,29,33)(H,30,32)/t16-,21?/m0/s1. The van der Waals surface area contributed by atoms with Gasteiger partial charge in [0.25, 0.3) is 0 Å². The summed E-state index contributed by atoms with van der Waals surface area (Å²) in [5.41, 5.74) is 5.31. The highest BCUT2D eigenvalue weighted by Gasteiger charge is 2.36. The molecule has 0 bridgehead atoms. The van der Waals surface area contributed by atoms with Crippen LogP contribution in [0.4, 0.5) is 13.2 Å². The smallest absolute Gasteiger partial charge is 0.416 e. The van der Waals surface area contributed by atoms with Gasteiger partial charge in [0, 0.05) is 30.6 Å². The molecule has 0 radical (unpaired) electrons. The van der Waals surface area contributed by atoms with Crippen molar-refractivity contribution in [2.75, 3.05) is 13.1 Å². The van der Waals surface area contributed by atoms with E-state index in [4.69, 9.17) is 10.5 Å². The third-order valence-electron chi connectivity index (χ3n) is 6.13. The number of primary amides is 1. The number of hydrogen-bond donors (Lipinski definition) is 2. The largest absolute Gasteiger partial charge is 0.489 e. The molecule has 0 spiro atoms. The van der Waals surface area contributed by atoms with E-state index >= 15 is 0 Å². The van der Waals surface area contributed by atoms with Crippen molar-refractivity contribution in [2.45, 2.75) is 57.5 Å². The van der Waals surface area contributed by atoms with Gasteiger partial charge < -0.3 is 15.8 Å². The molecule has 2 atom stereocenters. The number of rotatable bonds is 8. The van der Waals surface area contributed by atoms with Crippen molar-refractivity contribution in [3.63, 3.8) is 0 Å². The highest BCUT2D eigenvalue weighted by molar-refractivity contribution is 5.92. The van der Waals surface area contributed by atoms with Gasteiger partial charge in [0.15, 0.2) is 0 Å². The second kappa shape index (κ2) is 10.0. The Morgan fingerprint density at radius 1 is 1.18 bits per heavy atom. The fourth-order valence-electron chi connectivity index (χ4n) is 4.13. The minimum atomic E-state index is -4.42. The zero-order chi connectivity index (χ0) is 25.1. The van der Waals surface area contributed by atoms with Gasteiger partial charge in [-0.1, -0.05) is 18.2 Å². The van der Waals surface area contributed by atoms with E-state index in [0.29, 0.717) is 25.1 Å². The van der Waals surface area contributed by atoms with Gasteiger partial charge in [-0.15, -0.1) is 0 Å². The molecule has 9 heteroatoms. The molecular weight excluding hydrogens is 447 g/mol. The Morgan fingerprint density at radius 2 is 1.85 bits per heavy atom. The highest BCUT2D eigenvalue weighted by atomic mass is 19.4. The van der Waals surface area contributed by atoms with Crippen LogP contribution in [0.25, 0.3) is 0 Å². The van der Waals surface area contributed by atoms with Gasteiger partial charge >= 0.3 is 6.18 Å². The Hall–Kier alpha value is -3.07. The monoisotopic (exact) mass is 477 g/mol. The molecule has 1 unspecified atom stereocenters. The summed E-state index contributed by atoms with van der Waals surface area (Å²) in [7, 11) is 0. The summed E-state index contributed by atoms with van der Waals surface area (Å²) in [5.74, 6) is -0.446. The van der Waals surface area contributed by atoms with Crippen molar-refractivity contribution in [2.24, 2.45) is 5.73 Å². The summed E-state index contributed by atoms with van der Waals surface area (Å²) in [5, 5.41) is 2.98. The number of likely N-dealkylation sites (tertiary alicyclic amines) is 1. The number of nitrogens with two attached hydrogens (primary N) is 1. The van der Waals surface area contributed by atoms with Gasteiger partial charge in [0.1, 0.15) is 11.9 Å². The lowest BCUT2D eigenvalue weighted by molar-refractivity contribution is -0.137. The number of alkyl halides is 3. The maximum atomic E-state index is 12.9. The molecule has 0 aliphatic carbocycles. The van der Waals surface area contributed by atoms with Gasteiger partial charge in [-0.3, -0.25) is 14.5 Å². The molecule has 34 heavy (non-hydrogen) atoms. The summed E-state index contributed by atoms with van der Waals surface area (Å²) >= 11 is 0. The molecule has 3 N–H and O–H groups in total. The zero-order valence-corrected chi connectivity index (χ0v) is 19.5. The molecule has 1 aliphatic heterocycles. The molecule has 1 heterocycles. The van der Waals surface area contributed by atoms with Gasteiger partial charge in [0.05, 0.1) is 11.6 Å². The lowest BCUT2D eigenvalue weighted by atomic mass is 9.97. The van der Waals surface area contributed by atoms with E-state index in [2.05, 4.69) is 10.2 Å². The number of benzene rings is 2. The molecule has 2 aromatic rings. The molecule has 2 amide bonds. The number of ether oxygens (including phenoxy) is 1. The van der Waals surface area contributed by atoms with E-state index in [1.165, 1.54) is 12.1 Å². The summed E-state index contributed by atoms with van der Waals surface area (Å²) in [6.07, 6.45) is -3.78. The Bertz CT molecular complexity index is 1020. The van der Waals surface area contributed by atoms with Crippen LogP contribution in [-0.4, -0.2) is 41.4 Å². The number of nitrogens with one attached hydrogen (secondary N) is 1. The maximum absolute atomic E-state index is 12.9. The molecule has 0 aromatic heterocycles. The van der Waals surface area contributed by atoms with Crippen molar-refractivity contribution >= 4 is 11.8 Å². The van der Waals surface area contributed by atoms with Crippen molar-refractivity contribution in [1.82, 2.24) is 10.2 Å². The summed E-state index contributed by atoms with van der Waals surface area (Å²) in [6.45, 7) is 6.98. The lowest BCUT2D eigenvalue weighted by Gasteiger charge is -2.35. The van der Waals surface area contributed by atoms with E-state index in [9.17, 15) is 22.8 Å². The fraction of sp³-hybridized carbons (Fsp3) is 0.440. The first kappa shape index (κ1) is 25.6. The van der Waals surface area contributed by atoms with Gasteiger partial charge in [0.2, 0.25) is 11.8 Å². The predicted molar refractivity (Wildman–Crippen MR) is 122 cm³/mol. The lowest BCUT2D eigenvalue weighted by Crippen LogP contribution is -2.46. The van der Waals surface area contributed by atoms with Crippen molar-refractivity contribution < 1.29 is 27.5 Å². The molecular formula is C25H30F3N3O3. The quantitative estimate of drug-likeness (QED) is 0.594. The molecule has 2 aromatic carbocycles. The summed E-state index contributed by atoms with van der Waals surface area (Å²) in [6, 6.07) is 11.4. The van der Waals surface area contributed by atoms with Gasteiger partial charge in [-0.25, -0.2) is 0 Å². The van der Waals surface area contributed by atoms with E-state index in [1.54, 1.807) is 24.3 Å². The SMILES string of the molecule is C[C@H](NC(=O)CC(C)(C)N1CCC(Oc2cccc(C(F)(F)F)c2)C1)c1ccc(C(N)=O)cc1. The van der Waals surface area contributed by atoms with Crippen LogP contribution in [0.5, 0.6) is 5.75 Å². The number of carbonyl (C=O) groups is 2. The minimum Gasteiger partial charge on any atom is -0.489 e. The Balaban J connectivity index is 1.54. The van der Waals surface area contributed by atoms with Crippen LogP contribution in [0.2, 0.25) is 0 Å². The molecule has 1 saturated heterocycles. The number of hydrogen-bond acceptors (Lipinski definition) is 4. The van der Waals surface area contributed by atoms with Crippen LogP contribution >= 0.6 is 0 Å². The molecule has 1 fully saturated rings. The number of carbonyl (C=O) groups excluding carboxylic acids is 2. The maximum Gasteiger partial charge on any atom is 0.416 e. The average molecular weight is 478 g/mol. The van der Waals surface area contributed by atoms with E-state index < -0.39 is 23.2 Å². The van der Waals surface area contributed by atoms with Crippen LogP contribution < -0.4 is 15.8 Å². The van der Waals surface area contributed by atoms with E-state index in [0.717, 1.165) is 17.7 Å². The van der Waals surface area contributed by atoms with Crippen molar-refractivity contribution in [3.8, 4) is 5.75 Å². The predicted octanol–water partition coefficient (Wildman–Crippen LogP) is 4.30. The average Bonchev–Trinajstić information content (AvgIpc) is 3.22. The first-order chi connectivity index (χ1) is 15.8. The normalized spacial score (nSPS) is 17.9. The van der Waals surface area contributed by atoms with Crippen LogP contribution in [0, 0.1) is 0 Å². The summed E-state index contributed by atoms with van der Waals surface area (Å²) < 4.78 is 44.7. The van der Waals surface area contributed by atoms with Crippen molar-refractivity contribution in [3.05, 3.63) is 65.2 Å². The van der Waals surface area contributed by atoms with Crippen LogP contribution in [0.1, 0.15) is 61.1 Å². The zero-order valence-electron chi connectivity index (χ0n) is 19.5. The first-order valence-electron chi connectivity index (χ1n) is 11.1. The molecule has 6 nitrogen and oxygen atoms in total. The Morgan fingerprint density at radius 3 is 2.47 bits per heavy atom. The number of halogens is 3. The Labute approximate surface area is 197 Å². The second-order valence-electron chi connectivity index (χ2n) is 9.26. The van der Waals surface area contributed by atoms with E-state index in [1.807, 2.05) is 20.8 Å². The van der Waals surface area contributed by atoms with Crippen LogP contribution in [-0.2, 0) is 11.0 Å². The van der Waals surface area contributed by atoms with Crippen LogP contribution in [0.3, 0.4) is 0 Å². The molecule has 1 aliphatic rings. The number of amides is 2.